The van der Waals surface area contributed by atoms with Crippen LogP contribution in [0.25, 0.3) is 0 Å². The number of fused-ring (bicyclic) bond motifs is 1. The zero-order valence-electron chi connectivity index (χ0n) is 11.7. The van der Waals surface area contributed by atoms with Crippen molar-refractivity contribution in [3.8, 4) is 11.5 Å². The van der Waals surface area contributed by atoms with Gasteiger partial charge in [-0.25, -0.2) is 0 Å². The number of amides is 1. The van der Waals surface area contributed by atoms with Gasteiger partial charge in [-0.2, -0.15) is 0 Å². The van der Waals surface area contributed by atoms with Crippen LogP contribution in [-0.4, -0.2) is 18.5 Å². The van der Waals surface area contributed by atoms with E-state index in [2.05, 4.69) is 21.2 Å². The van der Waals surface area contributed by atoms with Gasteiger partial charge in [0.15, 0.2) is 11.5 Å². The number of hydrogen-bond acceptors (Lipinski definition) is 4. The molecule has 0 fully saturated rings. The predicted molar refractivity (Wildman–Crippen MR) is 89.3 cm³/mol. The molecule has 4 nitrogen and oxygen atoms in total. The van der Waals surface area contributed by atoms with Crippen LogP contribution in [0.15, 0.2) is 51.8 Å². The van der Waals surface area contributed by atoms with Crippen LogP contribution < -0.4 is 14.8 Å². The van der Waals surface area contributed by atoms with E-state index in [1.807, 2.05) is 42.5 Å². The van der Waals surface area contributed by atoms with Crippen molar-refractivity contribution in [3.63, 3.8) is 0 Å². The van der Waals surface area contributed by atoms with Crippen LogP contribution >= 0.6 is 27.7 Å². The molecule has 0 atom stereocenters. The summed E-state index contributed by atoms with van der Waals surface area (Å²) in [5.41, 5.74) is 0.992. The Balaban J connectivity index is 1.47. The Bertz CT molecular complexity index is 676. The Morgan fingerprint density at radius 1 is 1.14 bits per heavy atom. The summed E-state index contributed by atoms with van der Waals surface area (Å²) in [6, 6.07) is 13.6. The van der Waals surface area contributed by atoms with Crippen molar-refractivity contribution in [2.24, 2.45) is 0 Å². The van der Waals surface area contributed by atoms with Crippen LogP contribution in [0.2, 0.25) is 0 Å². The van der Waals surface area contributed by atoms with Gasteiger partial charge in [0.2, 0.25) is 12.7 Å². The number of halogens is 1. The van der Waals surface area contributed by atoms with Crippen LogP contribution in [0, 0.1) is 0 Å². The third kappa shape index (κ3) is 3.96. The zero-order valence-corrected chi connectivity index (χ0v) is 14.1. The van der Waals surface area contributed by atoms with Crippen LogP contribution in [0.1, 0.15) is 5.56 Å². The maximum Gasteiger partial charge on any atom is 0.231 e. The van der Waals surface area contributed by atoms with E-state index in [1.165, 1.54) is 11.8 Å². The highest BCUT2D eigenvalue weighted by atomic mass is 79.9. The lowest BCUT2D eigenvalue weighted by Gasteiger charge is -2.06. The topological polar surface area (TPSA) is 47.6 Å². The van der Waals surface area contributed by atoms with Crippen LogP contribution in [0.3, 0.4) is 0 Å². The number of benzene rings is 2. The first-order valence-electron chi connectivity index (χ1n) is 6.74. The van der Waals surface area contributed by atoms with Crippen LogP contribution in [-0.2, 0) is 11.3 Å². The van der Waals surface area contributed by atoms with Gasteiger partial charge in [-0.3, -0.25) is 4.79 Å². The monoisotopic (exact) mass is 379 g/mol. The maximum absolute atomic E-state index is 11.9. The molecule has 0 spiro atoms. The van der Waals surface area contributed by atoms with Crippen molar-refractivity contribution >= 4 is 33.6 Å². The number of hydrogen-bond donors (Lipinski definition) is 1. The summed E-state index contributed by atoms with van der Waals surface area (Å²) in [6.45, 7) is 0.741. The van der Waals surface area contributed by atoms with Crippen molar-refractivity contribution in [3.05, 3.63) is 52.5 Å². The third-order valence-corrected chi connectivity index (χ3v) is 4.65. The number of carbonyl (C=O) groups excluding carboxylic acids is 1. The van der Waals surface area contributed by atoms with E-state index < -0.39 is 0 Å². The molecular formula is C16H14BrNO3S. The summed E-state index contributed by atoms with van der Waals surface area (Å²) < 4.78 is 11.6. The highest BCUT2D eigenvalue weighted by molar-refractivity contribution is 9.10. The normalized spacial score (nSPS) is 12.2. The number of thioether (sulfide) groups is 1. The van der Waals surface area contributed by atoms with Crippen molar-refractivity contribution in [1.82, 2.24) is 5.32 Å². The molecule has 22 heavy (non-hydrogen) atoms. The van der Waals surface area contributed by atoms with Gasteiger partial charge in [0.05, 0.1) is 5.75 Å². The second-order valence-corrected chi connectivity index (χ2v) is 6.67. The lowest BCUT2D eigenvalue weighted by molar-refractivity contribution is -0.118. The van der Waals surface area contributed by atoms with Gasteiger partial charge in [0.1, 0.15) is 0 Å². The fraction of sp³-hybridized carbons (Fsp3) is 0.188. The van der Waals surface area contributed by atoms with Gasteiger partial charge in [-0.05, 0) is 42.0 Å². The molecule has 6 heteroatoms. The minimum absolute atomic E-state index is 0.00517. The van der Waals surface area contributed by atoms with Crippen LogP contribution in [0.5, 0.6) is 11.5 Å². The molecule has 0 aromatic heterocycles. The third-order valence-electron chi connectivity index (χ3n) is 3.11. The molecule has 0 saturated heterocycles. The minimum Gasteiger partial charge on any atom is -0.454 e. The number of carbonyl (C=O) groups is 1. The molecule has 2 aromatic rings. The summed E-state index contributed by atoms with van der Waals surface area (Å²) in [7, 11) is 0. The van der Waals surface area contributed by atoms with E-state index in [-0.39, 0.29) is 12.7 Å². The highest BCUT2D eigenvalue weighted by Crippen LogP contribution is 2.32. The maximum atomic E-state index is 11.9. The molecule has 1 amide bonds. The van der Waals surface area contributed by atoms with Crippen molar-refractivity contribution in [2.45, 2.75) is 11.4 Å². The van der Waals surface area contributed by atoms with Crippen molar-refractivity contribution in [1.29, 1.82) is 0 Å². The van der Waals surface area contributed by atoms with Crippen molar-refractivity contribution < 1.29 is 14.3 Å². The molecule has 0 bridgehead atoms. The summed E-state index contributed by atoms with van der Waals surface area (Å²) in [6.07, 6.45) is 0. The quantitative estimate of drug-likeness (QED) is 0.806. The Morgan fingerprint density at radius 2 is 1.91 bits per heavy atom. The molecule has 114 valence electrons. The van der Waals surface area contributed by atoms with Crippen LogP contribution in [0.4, 0.5) is 0 Å². The standard InChI is InChI=1S/C16H14BrNO3S/c17-12-2-4-13(5-3-12)22-9-16(19)18-8-11-1-6-14-15(7-11)21-10-20-14/h1-7H,8-10H2,(H,18,19). The van der Waals surface area contributed by atoms with Crippen molar-refractivity contribution in [2.75, 3.05) is 12.5 Å². The lowest BCUT2D eigenvalue weighted by Crippen LogP contribution is -2.24. The molecule has 2 aromatic carbocycles. The van der Waals surface area contributed by atoms with E-state index in [0.717, 1.165) is 26.4 Å². The van der Waals surface area contributed by atoms with Gasteiger partial charge < -0.3 is 14.8 Å². The molecule has 0 unspecified atom stereocenters. The molecule has 0 saturated carbocycles. The summed E-state index contributed by atoms with van der Waals surface area (Å²) in [4.78, 5) is 13.0. The van der Waals surface area contributed by atoms with E-state index in [9.17, 15) is 4.79 Å². The molecule has 1 heterocycles. The van der Waals surface area contributed by atoms with E-state index in [0.29, 0.717) is 12.3 Å². The average Bonchev–Trinajstić information content (AvgIpc) is 3.00. The Morgan fingerprint density at radius 3 is 2.73 bits per heavy atom. The number of rotatable bonds is 5. The first kappa shape index (κ1) is 15.2. The molecule has 0 radical (unpaired) electrons. The summed E-state index contributed by atoms with van der Waals surface area (Å²) >= 11 is 4.90. The summed E-state index contributed by atoms with van der Waals surface area (Å²) in [5, 5.41) is 2.91. The van der Waals surface area contributed by atoms with E-state index >= 15 is 0 Å². The average molecular weight is 380 g/mol. The molecule has 3 rings (SSSR count). The molecule has 1 N–H and O–H groups in total. The predicted octanol–water partition coefficient (Wildman–Crippen LogP) is 3.59. The minimum atomic E-state index is 0.00517. The Hall–Kier alpha value is -1.66. The van der Waals surface area contributed by atoms with E-state index in [1.54, 1.807) is 0 Å². The fourth-order valence-electron chi connectivity index (χ4n) is 1.98. The Kier molecular flexibility index (Phi) is 4.90. The van der Waals surface area contributed by atoms with Gasteiger partial charge in [-0.15, -0.1) is 11.8 Å². The SMILES string of the molecule is O=C(CSc1ccc(Br)cc1)NCc1ccc2c(c1)OCO2. The molecule has 0 aliphatic carbocycles. The second kappa shape index (κ2) is 7.07. The second-order valence-electron chi connectivity index (χ2n) is 4.71. The number of nitrogens with one attached hydrogen (secondary N) is 1. The molecular weight excluding hydrogens is 366 g/mol. The molecule has 1 aliphatic rings. The van der Waals surface area contributed by atoms with E-state index in [4.69, 9.17) is 9.47 Å². The Labute approximate surface area is 141 Å². The zero-order chi connectivity index (χ0) is 15.4. The van der Waals surface area contributed by atoms with Gasteiger partial charge in [-0.1, -0.05) is 22.0 Å². The number of ether oxygens (including phenoxy) is 2. The summed E-state index contributed by atoms with van der Waals surface area (Å²) in [5.74, 6) is 1.88. The van der Waals surface area contributed by atoms with Gasteiger partial charge in [0, 0.05) is 15.9 Å². The fourth-order valence-corrected chi connectivity index (χ4v) is 2.97. The lowest BCUT2D eigenvalue weighted by atomic mass is 10.2. The smallest absolute Gasteiger partial charge is 0.231 e. The highest BCUT2D eigenvalue weighted by Gasteiger charge is 2.13. The van der Waals surface area contributed by atoms with Gasteiger partial charge >= 0.3 is 0 Å². The largest absolute Gasteiger partial charge is 0.454 e. The first-order chi connectivity index (χ1) is 10.7. The first-order valence-corrected chi connectivity index (χ1v) is 8.52. The van der Waals surface area contributed by atoms with Gasteiger partial charge in [0.25, 0.3) is 0 Å². The molecule has 1 aliphatic heterocycles.